The normalized spacial score (nSPS) is 20.5. The minimum Gasteiger partial charge on any atom is -0.354 e. The van der Waals surface area contributed by atoms with Crippen molar-refractivity contribution in [3.05, 3.63) is 22.5 Å². The number of likely N-dealkylation sites (tertiary alicyclic amines) is 1. The van der Waals surface area contributed by atoms with Gasteiger partial charge in [0.15, 0.2) is 5.78 Å². The molecule has 1 amide bonds. The van der Waals surface area contributed by atoms with Crippen LogP contribution < -0.4 is 5.73 Å². The average molecular weight is 342 g/mol. The Bertz CT molecular complexity index is 597. The van der Waals surface area contributed by atoms with Gasteiger partial charge in [0.25, 0.3) is 5.91 Å². The van der Waals surface area contributed by atoms with Gasteiger partial charge in [0.1, 0.15) is 5.69 Å². The van der Waals surface area contributed by atoms with Crippen LogP contribution in [-0.2, 0) is 6.42 Å². The van der Waals surface area contributed by atoms with Gasteiger partial charge in [0, 0.05) is 24.3 Å². The zero-order chi connectivity index (χ0) is 16.5. The van der Waals surface area contributed by atoms with Gasteiger partial charge in [-0.2, -0.15) is 0 Å². The van der Waals surface area contributed by atoms with Gasteiger partial charge in [-0.1, -0.05) is 20.3 Å². The van der Waals surface area contributed by atoms with Gasteiger partial charge in [-0.3, -0.25) is 9.59 Å². The molecule has 1 atom stereocenters. The first kappa shape index (κ1) is 19.7. The second kappa shape index (κ2) is 7.49. The Morgan fingerprint density at radius 1 is 1.39 bits per heavy atom. The molecule has 1 aromatic rings. The lowest BCUT2D eigenvalue weighted by atomic mass is 9.90. The third kappa shape index (κ3) is 3.78. The van der Waals surface area contributed by atoms with E-state index in [4.69, 9.17) is 5.73 Å². The number of Topliss-reactive ketones (excluding diaryl/α,β-unsaturated/α-hetero) is 1. The van der Waals surface area contributed by atoms with Crippen molar-refractivity contribution in [3.63, 3.8) is 0 Å². The molecule has 23 heavy (non-hydrogen) atoms. The van der Waals surface area contributed by atoms with E-state index in [1.807, 2.05) is 11.8 Å². The number of aromatic amines is 1. The van der Waals surface area contributed by atoms with E-state index in [-0.39, 0.29) is 29.5 Å². The third-order valence-corrected chi connectivity index (χ3v) is 4.69. The number of hydrogen-bond acceptors (Lipinski definition) is 3. The van der Waals surface area contributed by atoms with E-state index in [2.05, 4.69) is 18.8 Å². The molecular weight excluding hydrogens is 314 g/mol. The topological polar surface area (TPSA) is 79.2 Å². The summed E-state index contributed by atoms with van der Waals surface area (Å²) in [5.41, 5.74) is 8.77. The highest BCUT2D eigenvalue weighted by Crippen LogP contribution is 2.31. The maximum Gasteiger partial charge on any atom is 0.270 e. The van der Waals surface area contributed by atoms with Crippen LogP contribution in [0.4, 0.5) is 0 Å². The molecule has 130 valence electrons. The van der Waals surface area contributed by atoms with Crippen molar-refractivity contribution < 1.29 is 9.59 Å². The maximum absolute atomic E-state index is 12.9. The Labute approximate surface area is 144 Å². The van der Waals surface area contributed by atoms with E-state index in [9.17, 15) is 9.59 Å². The van der Waals surface area contributed by atoms with Gasteiger partial charge in [-0.15, -0.1) is 12.4 Å². The number of nitrogens with zero attached hydrogens (tertiary/aromatic N) is 1. The summed E-state index contributed by atoms with van der Waals surface area (Å²) in [6, 6.07) is 0. The summed E-state index contributed by atoms with van der Waals surface area (Å²) in [5, 5.41) is 0. The molecule has 1 unspecified atom stereocenters. The summed E-state index contributed by atoms with van der Waals surface area (Å²) in [6.07, 6.45) is 2.57. The van der Waals surface area contributed by atoms with Crippen LogP contribution in [0.1, 0.15) is 65.7 Å². The van der Waals surface area contributed by atoms with Gasteiger partial charge < -0.3 is 15.6 Å². The Morgan fingerprint density at radius 2 is 2.04 bits per heavy atom. The standard InChI is InChI=1S/C17H27N3O2.ClH/c1-5-6-13-14(12(3)21)11(2)19-15(13)16(22)20-8-7-17(4,9-18)10-20;/h19H,5-10,18H2,1-4H3;1H. The lowest BCUT2D eigenvalue weighted by Gasteiger charge is -2.22. The Balaban J connectivity index is 0.00000264. The van der Waals surface area contributed by atoms with Crippen molar-refractivity contribution in [2.75, 3.05) is 19.6 Å². The Morgan fingerprint density at radius 3 is 2.52 bits per heavy atom. The first-order valence-electron chi connectivity index (χ1n) is 8.04. The SMILES string of the molecule is CCCc1c(C(=O)N2CCC(C)(CN)C2)[nH]c(C)c1C(C)=O.Cl. The molecule has 0 saturated carbocycles. The van der Waals surface area contributed by atoms with E-state index in [1.54, 1.807) is 6.92 Å². The van der Waals surface area contributed by atoms with Crippen LogP contribution in [0.3, 0.4) is 0 Å². The van der Waals surface area contributed by atoms with Crippen LogP contribution in [0, 0.1) is 12.3 Å². The van der Waals surface area contributed by atoms with Gasteiger partial charge >= 0.3 is 0 Å². The number of carbonyl (C=O) groups excluding carboxylic acids is 2. The molecule has 6 heteroatoms. The number of nitrogens with two attached hydrogens (primary N) is 1. The molecule has 5 nitrogen and oxygen atoms in total. The highest BCUT2D eigenvalue weighted by atomic mass is 35.5. The van der Waals surface area contributed by atoms with Crippen LogP contribution >= 0.6 is 12.4 Å². The molecule has 0 aromatic carbocycles. The minimum absolute atomic E-state index is 0. The number of aryl methyl sites for hydroxylation is 1. The maximum atomic E-state index is 12.9. The van der Waals surface area contributed by atoms with Crippen molar-refractivity contribution >= 4 is 24.1 Å². The summed E-state index contributed by atoms with van der Waals surface area (Å²) in [5.74, 6) is 0.0145. The summed E-state index contributed by atoms with van der Waals surface area (Å²) in [4.78, 5) is 29.8. The Hall–Kier alpha value is -1.33. The molecule has 1 aliphatic heterocycles. The van der Waals surface area contributed by atoms with Crippen molar-refractivity contribution in [2.45, 2.75) is 47.0 Å². The van der Waals surface area contributed by atoms with Crippen molar-refractivity contribution in [1.29, 1.82) is 0 Å². The predicted octanol–water partition coefficient (Wildman–Crippen LogP) is 2.71. The van der Waals surface area contributed by atoms with Crippen LogP contribution in [0.15, 0.2) is 0 Å². The first-order valence-corrected chi connectivity index (χ1v) is 8.04. The molecule has 2 heterocycles. The fourth-order valence-corrected chi connectivity index (χ4v) is 3.36. The van der Waals surface area contributed by atoms with E-state index in [0.717, 1.165) is 37.1 Å². The summed E-state index contributed by atoms with van der Waals surface area (Å²) in [7, 11) is 0. The largest absolute Gasteiger partial charge is 0.354 e. The van der Waals surface area contributed by atoms with Gasteiger partial charge in [-0.25, -0.2) is 0 Å². The lowest BCUT2D eigenvalue weighted by Crippen LogP contribution is -2.35. The zero-order valence-electron chi connectivity index (χ0n) is 14.5. The van der Waals surface area contributed by atoms with Gasteiger partial charge in [-0.05, 0) is 44.2 Å². The van der Waals surface area contributed by atoms with Gasteiger partial charge in [0.2, 0.25) is 0 Å². The monoisotopic (exact) mass is 341 g/mol. The zero-order valence-corrected chi connectivity index (χ0v) is 15.3. The minimum atomic E-state index is -0.00350. The quantitative estimate of drug-likeness (QED) is 0.808. The van der Waals surface area contributed by atoms with E-state index in [1.165, 1.54) is 0 Å². The number of halogens is 1. The molecule has 1 saturated heterocycles. The molecule has 1 aliphatic rings. The van der Waals surface area contributed by atoms with Crippen molar-refractivity contribution in [2.24, 2.45) is 11.1 Å². The molecular formula is C17H28ClN3O2. The fourth-order valence-electron chi connectivity index (χ4n) is 3.36. The summed E-state index contributed by atoms with van der Waals surface area (Å²) in [6.45, 7) is 9.59. The third-order valence-electron chi connectivity index (χ3n) is 4.69. The highest BCUT2D eigenvalue weighted by Gasteiger charge is 2.36. The second-order valence-corrected chi connectivity index (χ2v) is 6.78. The van der Waals surface area contributed by atoms with E-state index in [0.29, 0.717) is 24.3 Å². The highest BCUT2D eigenvalue weighted by molar-refractivity contribution is 6.02. The second-order valence-electron chi connectivity index (χ2n) is 6.78. The number of carbonyl (C=O) groups is 2. The number of H-pyrrole nitrogens is 1. The first-order chi connectivity index (χ1) is 10.3. The fraction of sp³-hybridized carbons (Fsp3) is 0.647. The van der Waals surface area contributed by atoms with Crippen LogP contribution in [0.5, 0.6) is 0 Å². The number of ketones is 1. The number of hydrogen-bond donors (Lipinski definition) is 2. The Kier molecular flexibility index (Phi) is 6.42. The van der Waals surface area contributed by atoms with Crippen LogP contribution in [0.2, 0.25) is 0 Å². The predicted molar refractivity (Wildman–Crippen MR) is 94.5 cm³/mol. The van der Waals surface area contributed by atoms with E-state index >= 15 is 0 Å². The van der Waals surface area contributed by atoms with Crippen molar-refractivity contribution in [3.8, 4) is 0 Å². The molecule has 1 fully saturated rings. The molecule has 0 radical (unpaired) electrons. The molecule has 2 rings (SSSR count). The number of rotatable bonds is 5. The number of aromatic nitrogens is 1. The van der Waals surface area contributed by atoms with Crippen LogP contribution in [-0.4, -0.2) is 41.2 Å². The van der Waals surface area contributed by atoms with E-state index < -0.39 is 0 Å². The molecule has 0 spiro atoms. The summed E-state index contributed by atoms with van der Waals surface area (Å²) >= 11 is 0. The number of amides is 1. The molecule has 1 aromatic heterocycles. The molecule has 3 N–H and O–H groups in total. The van der Waals surface area contributed by atoms with Gasteiger partial charge in [0.05, 0.1) is 0 Å². The smallest absolute Gasteiger partial charge is 0.270 e. The van der Waals surface area contributed by atoms with Crippen molar-refractivity contribution in [1.82, 2.24) is 9.88 Å². The summed E-state index contributed by atoms with van der Waals surface area (Å²) < 4.78 is 0. The number of nitrogens with one attached hydrogen (secondary N) is 1. The average Bonchev–Trinajstić information content (AvgIpc) is 3.00. The molecule has 0 bridgehead atoms. The lowest BCUT2D eigenvalue weighted by molar-refractivity contribution is 0.0770. The molecule has 0 aliphatic carbocycles. The van der Waals surface area contributed by atoms with Crippen LogP contribution in [0.25, 0.3) is 0 Å².